The maximum atomic E-state index is 5.93. The summed E-state index contributed by atoms with van der Waals surface area (Å²) >= 11 is 1.44. The zero-order valence-corrected chi connectivity index (χ0v) is 13.2. The minimum absolute atomic E-state index is 0.0787. The van der Waals surface area contributed by atoms with Crippen molar-refractivity contribution in [3.05, 3.63) is 40.4 Å². The highest BCUT2D eigenvalue weighted by Gasteiger charge is 2.22. The van der Waals surface area contributed by atoms with Crippen LogP contribution in [0.5, 0.6) is 5.75 Å². The van der Waals surface area contributed by atoms with Crippen molar-refractivity contribution >= 4 is 11.5 Å². The van der Waals surface area contributed by atoms with Gasteiger partial charge in [-0.3, -0.25) is 0 Å². The molecular weight excluding hydrogens is 270 g/mol. The Morgan fingerprint density at radius 3 is 2.65 bits per heavy atom. The second kappa shape index (κ2) is 6.81. The Balaban J connectivity index is 2.42. The molecule has 0 radical (unpaired) electrons. The molecule has 1 aromatic carbocycles. The largest absolute Gasteiger partial charge is 0.491 e. The van der Waals surface area contributed by atoms with E-state index in [0.29, 0.717) is 0 Å². The van der Waals surface area contributed by atoms with Crippen molar-refractivity contribution in [2.45, 2.75) is 39.8 Å². The van der Waals surface area contributed by atoms with Crippen LogP contribution in [0, 0.1) is 6.92 Å². The van der Waals surface area contributed by atoms with Gasteiger partial charge in [0, 0.05) is 5.56 Å². The first-order valence-corrected chi connectivity index (χ1v) is 7.68. The number of aromatic nitrogens is 2. The standard InChI is InChI=1S/C15H21N3OS/c1-5-16-14(15-11(4)17-18-20-15)12-8-6-7-9-13(12)19-10(2)3/h6-10,14,16H,5H2,1-4H3. The molecule has 2 aromatic rings. The van der Waals surface area contributed by atoms with E-state index in [-0.39, 0.29) is 12.1 Å². The van der Waals surface area contributed by atoms with Gasteiger partial charge in [-0.2, -0.15) is 0 Å². The van der Waals surface area contributed by atoms with Crippen LogP contribution >= 0.6 is 11.5 Å². The smallest absolute Gasteiger partial charge is 0.124 e. The van der Waals surface area contributed by atoms with Gasteiger partial charge < -0.3 is 10.1 Å². The molecule has 1 heterocycles. The lowest BCUT2D eigenvalue weighted by Crippen LogP contribution is -2.23. The molecule has 5 heteroatoms. The number of nitrogens with zero attached hydrogens (tertiary/aromatic N) is 2. The Morgan fingerprint density at radius 1 is 1.30 bits per heavy atom. The van der Waals surface area contributed by atoms with Crippen LogP contribution < -0.4 is 10.1 Å². The van der Waals surface area contributed by atoms with Gasteiger partial charge in [-0.15, -0.1) is 5.10 Å². The maximum Gasteiger partial charge on any atom is 0.124 e. The third-order valence-electron chi connectivity index (χ3n) is 2.95. The summed E-state index contributed by atoms with van der Waals surface area (Å²) in [4.78, 5) is 1.15. The normalized spacial score (nSPS) is 12.7. The molecular formula is C15H21N3OS. The van der Waals surface area contributed by atoms with Gasteiger partial charge in [-0.25, -0.2) is 0 Å². The lowest BCUT2D eigenvalue weighted by molar-refractivity contribution is 0.238. The van der Waals surface area contributed by atoms with Crippen LogP contribution in [0.2, 0.25) is 0 Å². The van der Waals surface area contributed by atoms with Crippen molar-refractivity contribution < 1.29 is 4.74 Å². The van der Waals surface area contributed by atoms with Crippen LogP contribution in [0.1, 0.15) is 42.9 Å². The molecule has 1 N–H and O–H groups in total. The van der Waals surface area contributed by atoms with Gasteiger partial charge in [0.1, 0.15) is 5.75 Å². The summed E-state index contributed by atoms with van der Waals surface area (Å²) in [5.41, 5.74) is 2.11. The minimum Gasteiger partial charge on any atom is -0.491 e. The fourth-order valence-corrected chi connectivity index (χ4v) is 2.87. The highest BCUT2D eigenvalue weighted by Crippen LogP contribution is 2.33. The van der Waals surface area contributed by atoms with Crippen LogP contribution in [0.3, 0.4) is 0 Å². The third kappa shape index (κ3) is 3.35. The molecule has 108 valence electrons. The fraction of sp³-hybridized carbons (Fsp3) is 0.467. The summed E-state index contributed by atoms with van der Waals surface area (Å²) in [7, 11) is 0. The Morgan fingerprint density at radius 2 is 2.05 bits per heavy atom. The summed E-state index contributed by atoms with van der Waals surface area (Å²) in [6.45, 7) is 9.05. The van der Waals surface area contributed by atoms with Gasteiger partial charge in [0.15, 0.2) is 0 Å². The van der Waals surface area contributed by atoms with Gasteiger partial charge in [-0.1, -0.05) is 29.6 Å². The summed E-state index contributed by atoms with van der Waals surface area (Å²) in [6, 6.07) is 8.24. The number of benzene rings is 1. The van der Waals surface area contributed by atoms with E-state index < -0.39 is 0 Å². The average Bonchev–Trinajstić information content (AvgIpc) is 2.82. The summed E-state index contributed by atoms with van der Waals surface area (Å²) in [5, 5.41) is 7.63. The molecule has 1 aromatic heterocycles. The first kappa shape index (κ1) is 14.9. The zero-order chi connectivity index (χ0) is 14.5. The van der Waals surface area contributed by atoms with Gasteiger partial charge in [0.2, 0.25) is 0 Å². The Bertz CT molecular complexity index is 554. The van der Waals surface area contributed by atoms with E-state index in [2.05, 4.69) is 27.9 Å². The molecule has 0 aliphatic rings. The van der Waals surface area contributed by atoms with Gasteiger partial charge in [0.05, 0.1) is 22.7 Å². The predicted octanol–water partition coefficient (Wildman–Crippen LogP) is 3.33. The lowest BCUT2D eigenvalue weighted by atomic mass is 10.0. The van der Waals surface area contributed by atoms with Crippen molar-refractivity contribution in [2.75, 3.05) is 6.54 Å². The molecule has 0 saturated heterocycles. The Hall–Kier alpha value is -1.46. The number of hydrogen-bond acceptors (Lipinski definition) is 5. The van der Waals surface area contributed by atoms with Crippen LogP contribution in [-0.4, -0.2) is 22.2 Å². The monoisotopic (exact) mass is 291 g/mol. The molecule has 20 heavy (non-hydrogen) atoms. The molecule has 0 aliphatic heterocycles. The van der Waals surface area contributed by atoms with Crippen molar-refractivity contribution in [1.29, 1.82) is 0 Å². The van der Waals surface area contributed by atoms with Crippen molar-refractivity contribution in [2.24, 2.45) is 0 Å². The van der Waals surface area contributed by atoms with Gasteiger partial charge in [-0.05, 0) is 44.9 Å². The lowest BCUT2D eigenvalue weighted by Gasteiger charge is -2.21. The number of ether oxygens (including phenoxy) is 1. The first-order valence-electron chi connectivity index (χ1n) is 6.91. The maximum absolute atomic E-state index is 5.93. The Kier molecular flexibility index (Phi) is 5.09. The molecule has 2 rings (SSSR count). The van der Waals surface area contributed by atoms with Crippen molar-refractivity contribution in [1.82, 2.24) is 14.9 Å². The predicted molar refractivity (Wildman–Crippen MR) is 82.4 cm³/mol. The molecule has 0 fully saturated rings. The van der Waals surface area contributed by atoms with Crippen molar-refractivity contribution in [3.8, 4) is 5.75 Å². The van der Waals surface area contributed by atoms with Crippen LogP contribution in [-0.2, 0) is 0 Å². The number of hydrogen-bond donors (Lipinski definition) is 1. The first-order chi connectivity index (χ1) is 9.63. The van der Waals surface area contributed by atoms with E-state index in [1.807, 2.05) is 39.0 Å². The quantitative estimate of drug-likeness (QED) is 0.887. The number of rotatable bonds is 6. The summed E-state index contributed by atoms with van der Waals surface area (Å²) in [5.74, 6) is 0.918. The molecule has 1 atom stereocenters. The van der Waals surface area contributed by atoms with E-state index in [1.54, 1.807) is 0 Å². The summed E-state index contributed by atoms with van der Waals surface area (Å²) in [6.07, 6.45) is 0.152. The third-order valence-corrected chi connectivity index (χ3v) is 3.84. The second-order valence-electron chi connectivity index (χ2n) is 4.92. The highest BCUT2D eigenvalue weighted by molar-refractivity contribution is 7.05. The van der Waals surface area contributed by atoms with Crippen LogP contribution in [0.4, 0.5) is 0 Å². The van der Waals surface area contributed by atoms with Crippen LogP contribution in [0.25, 0.3) is 0 Å². The van der Waals surface area contributed by atoms with E-state index in [1.165, 1.54) is 11.5 Å². The molecule has 0 amide bonds. The number of aryl methyl sites for hydroxylation is 1. The SMILES string of the molecule is CCNC(c1ccccc1OC(C)C)c1snnc1C. The molecule has 0 spiro atoms. The minimum atomic E-state index is 0.0787. The van der Waals surface area contributed by atoms with Gasteiger partial charge in [0.25, 0.3) is 0 Å². The molecule has 4 nitrogen and oxygen atoms in total. The molecule has 1 unspecified atom stereocenters. The fourth-order valence-electron chi connectivity index (χ4n) is 2.13. The number of nitrogens with one attached hydrogen (secondary N) is 1. The second-order valence-corrected chi connectivity index (χ2v) is 5.70. The van der Waals surface area contributed by atoms with Gasteiger partial charge >= 0.3 is 0 Å². The molecule has 0 bridgehead atoms. The van der Waals surface area contributed by atoms with E-state index in [9.17, 15) is 0 Å². The van der Waals surface area contributed by atoms with E-state index >= 15 is 0 Å². The Labute approximate surface area is 124 Å². The average molecular weight is 291 g/mol. The molecule has 0 saturated carbocycles. The van der Waals surface area contributed by atoms with E-state index in [0.717, 1.165) is 28.4 Å². The number of para-hydroxylation sites is 1. The van der Waals surface area contributed by atoms with E-state index in [4.69, 9.17) is 4.74 Å². The van der Waals surface area contributed by atoms with Crippen molar-refractivity contribution in [3.63, 3.8) is 0 Å². The highest BCUT2D eigenvalue weighted by atomic mass is 32.1. The molecule has 0 aliphatic carbocycles. The van der Waals surface area contributed by atoms with Crippen LogP contribution in [0.15, 0.2) is 24.3 Å². The zero-order valence-electron chi connectivity index (χ0n) is 12.4. The topological polar surface area (TPSA) is 47.0 Å². The summed E-state index contributed by atoms with van der Waals surface area (Å²) < 4.78 is 9.99.